The molecule has 2 aliphatic rings. The van der Waals surface area contributed by atoms with Crippen LogP contribution >= 0.6 is 0 Å². The average molecular weight is 524 g/mol. The predicted molar refractivity (Wildman–Crippen MR) is 168 cm³/mol. The Balaban J connectivity index is 1.42. The zero-order chi connectivity index (χ0) is 27.8. The molecule has 0 amide bonds. The number of aliphatic imine (C=N–C) groups is 1. The first kappa shape index (κ1) is 28.5. The molecule has 4 heteroatoms. The molecule has 0 aromatic heterocycles. The molecule has 0 bridgehead atoms. The van der Waals surface area contributed by atoms with E-state index in [-0.39, 0.29) is 5.92 Å². The molecule has 2 N–H and O–H groups in total. The van der Waals surface area contributed by atoms with Crippen LogP contribution in [0, 0.1) is 5.41 Å². The summed E-state index contributed by atoms with van der Waals surface area (Å²) in [4.78, 5) is 4.82. The van der Waals surface area contributed by atoms with Crippen molar-refractivity contribution in [3.05, 3.63) is 95.2 Å². The van der Waals surface area contributed by atoms with E-state index < -0.39 is 0 Å². The van der Waals surface area contributed by atoms with Crippen molar-refractivity contribution in [1.29, 1.82) is 0 Å². The van der Waals surface area contributed by atoms with Crippen LogP contribution in [0.15, 0.2) is 83.5 Å². The van der Waals surface area contributed by atoms with E-state index in [2.05, 4.69) is 91.9 Å². The summed E-state index contributed by atoms with van der Waals surface area (Å²) < 4.78 is 5.75. The lowest BCUT2D eigenvalue weighted by atomic mass is 9.74. The maximum atomic E-state index is 5.75. The van der Waals surface area contributed by atoms with Gasteiger partial charge in [0.05, 0.1) is 18.5 Å². The molecule has 2 aromatic rings. The maximum Gasteiger partial charge on any atom is 0.142 e. The van der Waals surface area contributed by atoms with Crippen molar-refractivity contribution in [2.45, 2.75) is 65.2 Å². The first-order valence-corrected chi connectivity index (χ1v) is 14.3. The lowest BCUT2D eigenvalue weighted by Gasteiger charge is -2.31. The molecular weight excluding hydrogens is 478 g/mol. The van der Waals surface area contributed by atoms with Crippen LogP contribution in [0.4, 0.5) is 11.4 Å². The summed E-state index contributed by atoms with van der Waals surface area (Å²) in [5, 5.41) is 6.56. The molecule has 0 radical (unpaired) electrons. The highest BCUT2D eigenvalue weighted by molar-refractivity contribution is 5.83. The molecule has 0 saturated heterocycles. The fourth-order valence-corrected chi connectivity index (χ4v) is 5.75. The van der Waals surface area contributed by atoms with Gasteiger partial charge in [-0.1, -0.05) is 69.2 Å². The Bertz CT molecular complexity index is 1290. The number of methoxy groups -OCH3 is 1. The fourth-order valence-electron chi connectivity index (χ4n) is 5.75. The van der Waals surface area contributed by atoms with Crippen molar-refractivity contribution in [3.63, 3.8) is 0 Å². The van der Waals surface area contributed by atoms with E-state index in [0.29, 0.717) is 12.0 Å². The number of benzene rings is 2. The first-order chi connectivity index (χ1) is 18.8. The number of ether oxygens (including phenoxy) is 1. The summed E-state index contributed by atoms with van der Waals surface area (Å²) in [5.41, 5.74) is 9.70. The van der Waals surface area contributed by atoms with Crippen LogP contribution in [-0.4, -0.2) is 26.9 Å². The third kappa shape index (κ3) is 7.32. The van der Waals surface area contributed by atoms with Gasteiger partial charge in [-0.15, -0.1) is 0 Å². The van der Waals surface area contributed by atoms with Crippen molar-refractivity contribution in [2.75, 3.05) is 26.0 Å². The van der Waals surface area contributed by atoms with Crippen molar-refractivity contribution in [3.8, 4) is 5.75 Å². The Morgan fingerprint density at radius 3 is 2.64 bits per heavy atom. The highest BCUT2D eigenvalue weighted by atomic mass is 16.5. The number of anilines is 1. The highest BCUT2D eigenvalue weighted by Gasteiger charge is 2.25. The van der Waals surface area contributed by atoms with Gasteiger partial charge in [0.25, 0.3) is 0 Å². The summed E-state index contributed by atoms with van der Waals surface area (Å²) >= 11 is 0. The standard InChI is InChI=1S/C35H45N3O/c1-7-27(12-11-26(3)36-5)23-37-32-16-13-28(20-34(32)39-6)19-30-24-38-33-21-29(14-15-31(30)33)25(2)22-35(4)17-9-8-10-18-35/h7,11-16,20-22,24,30,36-37H,3,8-10,17-19,23H2,1-2,4-6H3/b12-11-,25-22+,27-7+. The number of nitrogens with zero attached hydrogens (tertiary/aromatic N) is 1. The minimum Gasteiger partial charge on any atom is -0.495 e. The minimum absolute atomic E-state index is 0.276. The van der Waals surface area contributed by atoms with Gasteiger partial charge in [-0.3, -0.25) is 4.99 Å². The van der Waals surface area contributed by atoms with E-state index in [0.717, 1.165) is 29.2 Å². The molecule has 1 aliphatic heterocycles. The molecule has 4 nitrogen and oxygen atoms in total. The normalized spacial score (nSPS) is 18.7. The van der Waals surface area contributed by atoms with Crippen LogP contribution in [0.2, 0.25) is 0 Å². The van der Waals surface area contributed by atoms with E-state index in [1.165, 1.54) is 59.9 Å². The molecule has 1 saturated carbocycles. The van der Waals surface area contributed by atoms with Crippen molar-refractivity contribution in [1.82, 2.24) is 5.32 Å². The molecule has 1 atom stereocenters. The molecule has 4 rings (SSSR count). The lowest BCUT2D eigenvalue weighted by Crippen LogP contribution is -2.17. The molecular formula is C35H45N3O. The predicted octanol–water partition coefficient (Wildman–Crippen LogP) is 8.76. The van der Waals surface area contributed by atoms with Crippen LogP contribution in [0.3, 0.4) is 0 Å². The molecule has 1 heterocycles. The molecule has 206 valence electrons. The smallest absolute Gasteiger partial charge is 0.142 e. The Hall–Kier alpha value is -3.53. The summed E-state index contributed by atoms with van der Waals surface area (Å²) in [7, 11) is 3.60. The van der Waals surface area contributed by atoms with Crippen LogP contribution in [0.5, 0.6) is 5.75 Å². The van der Waals surface area contributed by atoms with Crippen LogP contribution < -0.4 is 15.4 Å². The number of hydrogen-bond donors (Lipinski definition) is 2. The van der Waals surface area contributed by atoms with E-state index in [9.17, 15) is 0 Å². The Labute approximate surface area is 235 Å². The minimum atomic E-state index is 0.276. The summed E-state index contributed by atoms with van der Waals surface area (Å²) in [6.45, 7) is 11.4. The SMILES string of the molecule is C=C(/C=C\C(=C/C)CNc1ccc(CC2C=Nc3cc(/C(C)=C/C4(C)CCCCC4)ccc32)cc1OC)NC. The third-order valence-electron chi connectivity index (χ3n) is 8.23. The second-order valence-electron chi connectivity index (χ2n) is 11.3. The Morgan fingerprint density at radius 1 is 1.13 bits per heavy atom. The fraction of sp³-hybridized carbons (Fsp3) is 0.400. The van der Waals surface area contributed by atoms with Crippen molar-refractivity contribution in [2.24, 2.45) is 10.4 Å². The molecule has 2 aromatic carbocycles. The average Bonchev–Trinajstić information content (AvgIpc) is 3.35. The van der Waals surface area contributed by atoms with Crippen molar-refractivity contribution >= 4 is 23.2 Å². The summed E-state index contributed by atoms with van der Waals surface area (Å²) in [5.74, 6) is 1.13. The molecule has 39 heavy (non-hydrogen) atoms. The van der Waals surface area contributed by atoms with Gasteiger partial charge in [0.2, 0.25) is 0 Å². The Kier molecular flexibility index (Phi) is 9.50. The van der Waals surface area contributed by atoms with E-state index >= 15 is 0 Å². The number of rotatable bonds is 11. The summed E-state index contributed by atoms with van der Waals surface area (Å²) in [6.07, 6.45) is 18.3. The van der Waals surface area contributed by atoms with Gasteiger partial charge in [0.15, 0.2) is 0 Å². The number of nitrogens with one attached hydrogen (secondary N) is 2. The van der Waals surface area contributed by atoms with Crippen LogP contribution in [-0.2, 0) is 6.42 Å². The number of hydrogen-bond acceptors (Lipinski definition) is 4. The van der Waals surface area contributed by atoms with E-state index in [1.807, 2.05) is 20.0 Å². The van der Waals surface area contributed by atoms with Crippen LogP contribution in [0.1, 0.15) is 75.5 Å². The van der Waals surface area contributed by atoms with Gasteiger partial charge >= 0.3 is 0 Å². The molecule has 0 spiro atoms. The monoisotopic (exact) mass is 523 g/mol. The number of fused-ring (bicyclic) bond motifs is 1. The molecule has 1 aliphatic carbocycles. The largest absolute Gasteiger partial charge is 0.495 e. The van der Waals surface area contributed by atoms with Gasteiger partial charge in [0.1, 0.15) is 5.75 Å². The lowest BCUT2D eigenvalue weighted by molar-refractivity contribution is 0.286. The van der Waals surface area contributed by atoms with Gasteiger partial charge in [-0.25, -0.2) is 0 Å². The second-order valence-corrected chi connectivity index (χ2v) is 11.3. The highest BCUT2D eigenvalue weighted by Crippen LogP contribution is 2.41. The zero-order valence-electron chi connectivity index (χ0n) is 24.4. The second kappa shape index (κ2) is 13.0. The Morgan fingerprint density at radius 2 is 1.92 bits per heavy atom. The van der Waals surface area contributed by atoms with Gasteiger partial charge in [0, 0.05) is 31.4 Å². The van der Waals surface area contributed by atoms with E-state index in [1.54, 1.807) is 7.11 Å². The van der Waals surface area contributed by atoms with Crippen LogP contribution in [0.25, 0.3) is 5.57 Å². The topological polar surface area (TPSA) is 45.7 Å². The van der Waals surface area contributed by atoms with E-state index in [4.69, 9.17) is 9.73 Å². The van der Waals surface area contributed by atoms with Gasteiger partial charge < -0.3 is 15.4 Å². The van der Waals surface area contributed by atoms with Gasteiger partial charge in [-0.05, 0) is 90.6 Å². The van der Waals surface area contributed by atoms with Gasteiger partial charge in [-0.2, -0.15) is 0 Å². The number of likely N-dealkylation sites (N-methyl/N-ethyl adjacent to an activating group) is 1. The molecule has 1 fully saturated rings. The zero-order valence-corrected chi connectivity index (χ0v) is 24.4. The quantitative estimate of drug-likeness (QED) is 0.289. The first-order valence-electron chi connectivity index (χ1n) is 14.3. The third-order valence-corrected chi connectivity index (χ3v) is 8.23. The maximum absolute atomic E-state index is 5.75. The molecule has 1 unspecified atom stereocenters. The summed E-state index contributed by atoms with van der Waals surface area (Å²) in [6, 6.07) is 13.3. The number of allylic oxidation sites excluding steroid dienone is 4. The van der Waals surface area contributed by atoms with Crippen molar-refractivity contribution < 1.29 is 4.74 Å².